The van der Waals surface area contributed by atoms with Gasteiger partial charge in [0.05, 0.1) is 0 Å². The fraction of sp³-hybridized carbons (Fsp3) is 0.476. The van der Waals surface area contributed by atoms with Crippen molar-refractivity contribution in [3.05, 3.63) is 50.7 Å². The molecule has 4 N–H and O–H groups in total. The van der Waals surface area contributed by atoms with Crippen LogP contribution in [0.5, 0.6) is 0 Å². The van der Waals surface area contributed by atoms with E-state index in [9.17, 15) is 9.59 Å². The van der Waals surface area contributed by atoms with E-state index < -0.39 is 11.2 Å². The quantitative estimate of drug-likeness (QED) is 0.541. The molecule has 0 aliphatic rings. The van der Waals surface area contributed by atoms with E-state index in [2.05, 4.69) is 24.1 Å². The van der Waals surface area contributed by atoms with Gasteiger partial charge in [-0.1, -0.05) is 45.7 Å². The number of hydrogen-bond acceptors (Lipinski definition) is 4. The van der Waals surface area contributed by atoms with Gasteiger partial charge in [-0.25, -0.2) is 4.79 Å². The van der Waals surface area contributed by atoms with Gasteiger partial charge in [0, 0.05) is 18.8 Å². The molecule has 2 rings (SSSR count). The number of benzene rings is 1. The number of nitrogens with zero attached hydrogens (tertiary/aromatic N) is 2. The number of nitrogens with one attached hydrogen (secondary N) is 2. The van der Waals surface area contributed by atoms with E-state index in [1.165, 1.54) is 10.1 Å². The summed E-state index contributed by atoms with van der Waals surface area (Å²) in [6, 6.07) is 7.98. The maximum Gasteiger partial charge on any atom is 0.330 e. The number of aryl methyl sites for hydroxylation is 1. The maximum absolute atomic E-state index is 12.7. The molecule has 1 heterocycles. The van der Waals surface area contributed by atoms with Crippen LogP contribution in [0.15, 0.2) is 33.9 Å². The summed E-state index contributed by atoms with van der Waals surface area (Å²) < 4.78 is 1.41. The van der Waals surface area contributed by atoms with Gasteiger partial charge in [0.2, 0.25) is 0 Å². The lowest BCUT2D eigenvalue weighted by molar-refractivity contribution is 0.604. The molecule has 0 unspecified atom stereocenters. The number of aromatic amines is 1. The van der Waals surface area contributed by atoms with Crippen LogP contribution in [0.1, 0.15) is 52.0 Å². The normalized spacial score (nSPS) is 10.7. The van der Waals surface area contributed by atoms with E-state index in [1.807, 2.05) is 31.2 Å². The highest BCUT2D eigenvalue weighted by molar-refractivity contribution is 7.80. The van der Waals surface area contributed by atoms with Crippen LogP contribution in [0.2, 0.25) is 0 Å². The van der Waals surface area contributed by atoms with Gasteiger partial charge in [0.15, 0.2) is 10.8 Å². The average molecular weight is 418 g/mol. The van der Waals surface area contributed by atoms with Gasteiger partial charge in [-0.3, -0.25) is 14.3 Å². The SMILES string of the molecule is CCCCN(C(=S)Nc1ccc(CC)cc1)c1c(N)n(CCCC)c(=O)[nH]c1=O. The standard InChI is InChI=1S/C21H31N5O2S/c1-4-7-13-25(21(29)23-16-11-9-15(6-3)10-12-16)17-18(22)26(14-8-5-2)20(28)24-19(17)27/h9-12H,4-8,13-14,22H2,1-3H3,(H,23,29)(H,24,27,28). The Bertz CT molecular complexity index is 934. The van der Waals surface area contributed by atoms with Crippen molar-refractivity contribution in [1.82, 2.24) is 9.55 Å². The molecule has 0 aliphatic carbocycles. The second kappa shape index (κ2) is 10.8. The minimum absolute atomic E-state index is 0.147. The third-order valence-corrected chi connectivity index (χ3v) is 5.14. The molecule has 7 nitrogen and oxygen atoms in total. The van der Waals surface area contributed by atoms with E-state index in [4.69, 9.17) is 18.0 Å². The smallest absolute Gasteiger partial charge is 0.330 e. The fourth-order valence-corrected chi connectivity index (χ4v) is 3.32. The van der Waals surface area contributed by atoms with Crippen LogP contribution in [0.4, 0.5) is 17.2 Å². The molecule has 0 atom stereocenters. The summed E-state index contributed by atoms with van der Waals surface area (Å²) in [5, 5.41) is 3.57. The Morgan fingerprint density at radius 2 is 1.79 bits per heavy atom. The Labute approximate surface area is 176 Å². The summed E-state index contributed by atoms with van der Waals surface area (Å²) in [7, 11) is 0. The average Bonchev–Trinajstić information content (AvgIpc) is 2.70. The zero-order valence-corrected chi connectivity index (χ0v) is 18.3. The minimum Gasteiger partial charge on any atom is -0.383 e. The Morgan fingerprint density at radius 1 is 1.14 bits per heavy atom. The van der Waals surface area contributed by atoms with Crippen LogP contribution in [-0.4, -0.2) is 21.2 Å². The molecule has 0 saturated carbocycles. The molecule has 1 aromatic carbocycles. The number of aromatic nitrogens is 2. The predicted molar refractivity (Wildman–Crippen MR) is 125 cm³/mol. The molecule has 0 fully saturated rings. The third-order valence-electron chi connectivity index (χ3n) is 4.81. The molecule has 0 saturated heterocycles. The number of thiocarbonyl (C=S) groups is 1. The van der Waals surface area contributed by atoms with E-state index in [-0.39, 0.29) is 11.5 Å². The molecule has 2 aromatic rings. The molecular weight excluding hydrogens is 386 g/mol. The Hall–Kier alpha value is -2.61. The number of rotatable bonds is 9. The number of anilines is 3. The molecule has 29 heavy (non-hydrogen) atoms. The van der Waals surface area contributed by atoms with Crippen molar-refractivity contribution in [2.45, 2.75) is 59.4 Å². The van der Waals surface area contributed by atoms with Crippen molar-refractivity contribution in [2.24, 2.45) is 0 Å². The third kappa shape index (κ3) is 5.69. The van der Waals surface area contributed by atoms with Gasteiger partial charge in [-0.15, -0.1) is 0 Å². The highest BCUT2D eigenvalue weighted by Gasteiger charge is 2.21. The zero-order valence-electron chi connectivity index (χ0n) is 17.5. The summed E-state index contributed by atoms with van der Waals surface area (Å²) in [5.74, 6) is 0.147. The minimum atomic E-state index is -0.526. The molecule has 0 aliphatic heterocycles. The monoisotopic (exact) mass is 417 g/mol. The van der Waals surface area contributed by atoms with Crippen LogP contribution in [-0.2, 0) is 13.0 Å². The first-order chi connectivity index (χ1) is 13.9. The van der Waals surface area contributed by atoms with Gasteiger partial charge in [0.1, 0.15) is 5.82 Å². The first-order valence-electron chi connectivity index (χ1n) is 10.2. The number of H-pyrrole nitrogens is 1. The van der Waals surface area contributed by atoms with Crippen molar-refractivity contribution in [1.29, 1.82) is 0 Å². The van der Waals surface area contributed by atoms with Crippen molar-refractivity contribution in [2.75, 3.05) is 22.5 Å². The predicted octanol–water partition coefficient (Wildman–Crippen LogP) is 3.48. The molecule has 0 amide bonds. The van der Waals surface area contributed by atoms with Crippen LogP contribution in [0.3, 0.4) is 0 Å². The van der Waals surface area contributed by atoms with Crippen LogP contribution >= 0.6 is 12.2 Å². The Balaban J connectivity index is 2.41. The number of nitrogen functional groups attached to an aromatic ring is 1. The summed E-state index contributed by atoms with van der Waals surface area (Å²) in [6.45, 7) is 7.17. The number of nitrogens with two attached hydrogens (primary N) is 1. The largest absolute Gasteiger partial charge is 0.383 e. The van der Waals surface area contributed by atoms with Gasteiger partial charge >= 0.3 is 5.69 Å². The molecule has 1 aromatic heterocycles. The summed E-state index contributed by atoms with van der Waals surface area (Å²) in [5.41, 5.74) is 7.55. The van der Waals surface area contributed by atoms with Crippen molar-refractivity contribution in [3.63, 3.8) is 0 Å². The van der Waals surface area contributed by atoms with Gasteiger partial charge in [0.25, 0.3) is 5.56 Å². The lowest BCUT2D eigenvalue weighted by atomic mass is 10.1. The second-order valence-corrected chi connectivity index (χ2v) is 7.37. The topological polar surface area (TPSA) is 96.2 Å². The first kappa shape index (κ1) is 22.7. The van der Waals surface area contributed by atoms with E-state index >= 15 is 0 Å². The van der Waals surface area contributed by atoms with E-state index in [0.29, 0.717) is 18.2 Å². The van der Waals surface area contributed by atoms with Crippen molar-refractivity contribution < 1.29 is 0 Å². The zero-order chi connectivity index (χ0) is 21.4. The highest BCUT2D eigenvalue weighted by atomic mass is 32.1. The van der Waals surface area contributed by atoms with E-state index in [1.54, 1.807) is 4.90 Å². The molecule has 8 heteroatoms. The van der Waals surface area contributed by atoms with Crippen LogP contribution < -0.4 is 27.2 Å². The van der Waals surface area contributed by atoms with Gasteiger partial charge in [-0.05, 0) is 49.2 Å². The molecule has 0 radical (unpaired) electrons. The first-order valence-corrected chi connectivity index (χ1v) is 10.6. The molecule has 158 valence electrons. The molecule has 0 bridgehead atoms. The fourth-order valence-electron chi connectivity index (χ4n) is 3.02. The van der Waals surface area contributed by atoms with Crippen molar-refractivity contribution >= 4 is 34.5 Å². The Morgan fingerprint density at radius 3 is 2.38 bits per heavy atom. The lowest BCUT2D eigenvalue weighted by Gasteiger charge is -2.27. The number of unbranched alkanes of at least 4 members (excludes halogenated alkanes) is 2. The van der Waals surface area contributed by atoms with Crippen LogP contribution in [0.25, 0.3) is 0 Å². The van der Waals surface area contributed by atoms with E-state index in [0.717, 1.165) is 37.8 Å². The molecular formula is C21H31N5O2S. The molecule has 0 spiro atoms. The van der Waals surface area contributed by atoms with Crippen molar-refractivity contribution in [3.8, 4) is 0 Å². The highest BCUT2D eigenvalue weighted by Crippen LogP contribution is 2.20. The van der Waals surface area contributed by atoms with Gasteiger partial charge < -0.3 is 16.0 Å². The Kier molecular flexibility index (Phi) is 8.45. The lowest BCUT2D eigenvalue weighted by Crippen LogP contribution is -2.43. The summed E-state index contributed by atoms with van der Waals surface area (Å²) in [4.78, 5) is 29.0. The maximum atomic E-state index is 12.7. The second-order valence-electron chi connectivity index (χ2n) is 6.98. The van der Waals surface area contributed by atoms with Crippen LogP contribution in [0, 0.1) is 0 Å². The summed E-state index contributed by atoms with van der Waals surface area (Å²) >= 11 is 5.62. The van der Waals surface area contributed by atoms with Gasteiger partial charge in [-0.2, -0.15) is 0 Å². The summed E-state index contributed by atoms with van der Waals surface area (Å²) in [6.07, 6.45) is 4.41. The number of hydrogen-bond donors (Lipinski definition) is 3.